The van der Waals surface area contributed by atoms with Gasteiger partial charge < -0.3 is 9.90 Å². The van der Waals surface area contributed by atoms with Gasteiger partial charge in [0.15, 0.2) is 0 Å². The fourth-order valence-electron chi connectivity index (χ4n) is 1.59. The summed E-state index contributed by atoms with van der Waals surface area (Å²) in [6.45, 7) is 0. The minimum Gasteiger partial charge on any atom is -0.544 e. The van der Waals surface area contributed by atoms with Gasteiger partial charge in [-0.3, -0.25) is 0 Å². The van der Waals surface area contributed by atoms with Gasteiger partial charge in [0.05, 0.1) is 10.8 Å². The van der Waals surface area contributed by atoms with Gasteiger partial charge in [-0.2, -0.15) is 0 Å². The first kappa shape index (κ1) is 7.80. The second-order valence-electron chi connectivity index (χ2n) is 3.05. The van der Waals surface area contributed by atoms with Gasteiger partial charge in [0.2, 0.25) is 0 Å². The average molecular weight is 181 g/mol. The van der Waals surface area contributed by atoms with E-state index in [-0.39, 0.29) is 0 Å². The SMILES string of the molecule is O=C([O-])c1cc2c(s1)CCCC2. The minimum atomic E-state index is -1.03. The number of thiophene rings is 1. The molecule has 0 spiro atoms. The van der Waals surface area contributed by atoms with Crippen LogP contribution in [0.2, 0.25) is 0 Å². The van der Waals surface area contributed by atoms with Gasteiger partial charge in [0.25, 0.3) is 0 Å². The monoisotopic (exact) mass is 181 g/mol. The second-order valence-corrected chi connectivity index (χ2v) is 4.19. The third-order valence-electron chi connectivity index (χ3n) is 2.20. The van der Waals surface area contributed by atoms with Crippen molar-refractivity contribution in [2.45, 2.75) is 25.7 Å². The van der Waals surface area contributed by atoms with Crippen molar-refractivity contribution < 1.29 is 9.90 Å². The number of aromatic carboxylic acids is 1. The highest BCUT2D eigenvalue weighted by molar-refractivity contribution is 7.14. The first-order chi connectivity index (χ1) is 5.77. The molecule has 0 radical (unpaired) electrons. The quantitative estimate of drug-likeness (QED) is 0.648. The van der Waals surface area contributed by atoms with Crippen LogP contribution in [0.5, 0.6) is 0 Å². The van der Waals surface area contributed by atoms with Crippen LogP contribution in [0.25, 0.3) is 0 Å². The van der Waals surface area contributed by atoms with Crippen molar-refractivity contribution in [1.29, 1.82) is 0 Å². The summed E-state index contributed by atoms with van der Waals surface area (Å²) < 4.78 is 0. The maximum Gasteiger partial charge on any atom is 0.0815 e. The van der Waals surface area contributed by atoms with Crippen LogP contribution < -0.4 is 5.11 Å². The smallest absolute Gasteiger partial charge is 0.0815 e. The van der Waals surface area contributed by atoms with Gasteiger partial charge in [-0.25, -0.2) is 0 Å². The first-order valence-corrected chi connectivity index (χ1v) is 4.92. The highest BCUT2D eigenvalue weighted by atomic mass is 32.1. The van der Waals surface area contributed by atoms with Crippen LogP contribution in [0.1, 0.15) is 33.0 Å². The third kappa shape index (κ3) is 1.25. The molecule has 3 heteroatoms. The van der Waals surface area contributed by atoms with Crippen molar-refractivity contribution in [3.63, 3.8) is 0 Å². The lowest BCUT2D eigenvalue weighted by molar-refractivity contribution is -0.254. The largest absolute Gasteiger partial charge is 0.544 e. The van der Waals surface area contributed by atoms with Crippen LogP contribution >= 0.6 is 11.3 Å². The fourth-order valence-corrected chi connectivity index (χ4v) is 2.68. The Balaban J connectivity index is 2.38. The molecule has 1 aromatic heterocycles. The molecule has 0 bridgehead atoms. The number of rotatable bonds is 1. The summed E-state index contributed by atoms with van der Waals surface area (Å²) in [5.74, 6) is -1.03. The topological polar surface area (TPSA) is 40.1 Å². The molecule has 0 atom stereocenters. The molecular weight excluding hydrogens is 172 g/mol. The molecule has 12 heavy (non-hydrogen) atoms. The first-order valence-electron chi connectivity index (χ1n) is 4.10. The lowest BCUT2D eigenvalue weighted by Gasteiger charge is -2.08. The Labute approximate surface area is 74.8 Å². The highest BCUT2D eigenvalue weighted by Crippen LogP contribution is 2.29. The Bertz CT molecular complexity index is 291. The zero-order chi connectivity index (χ0) is 8.55. The highest BCUT2D eigenvalue weighted by Gasteiger charge is 2.13. The molecule has 0 N–H and O–H groups in total. The van der Waals surface area contributed by atoms with Gasteiger partial charge >= 0.3 is 0 Å². The molecule has 2 nitrogen and oxygen atoms in total. The molecule has 64 valence electrons. The molecular formula is C9H9O2S-. The van der Waals surface area contributed by atoms with E-state index >= 15 is 0 Å². The summed E-state index contributed by atoms with van der Waals surface area (Å²) in [5.41, 5.74) is 1.23. The van der Waals surface area contributed by atoms with Crippen LogP contribution in [0.4, 0.5) is 0 Å². The number of carbonyl (C=O) groups excluding carboxylic acids is 1. The average Bonchev–Trinajstić information content (AvgIpc) is 2.46. The van der Waals surface area contributed by atoms with Crippen molar-refractivity contribution in [2.75, 3.05) is 0 Å². The number of fused-ring (bicyclic) bond motifs is 1. The third-order valence-corrected chi connectivity index (χ3v) is 3.41. The van der Waals surface area contributed by atoms with Crippen molar-refractivity contribution in [3.8, 4) is 0 Å². The fraction of sp³-hybridized carbons (Fsp3) is 0.444. The molecule has 0 aliphatic heterocycles. The van der Waals surface area contributed by atoms with Crippen molar-refractivity contribution in [1.82, 2.24) is 0 Å². The molecule has 0 unspecified atom stereocenters. The van der Waals surface area contributed by atoms with Gasteiger partial charge in [0, 0.05) is 4.88 Å². The second kappa shape index (κ2) is 2.90. The Morgan fingerprint density at radius 1 is 1.42 bits per heavy atom. The molecule has 0 amide bonds. The van der Waals surface area contributed by atoms with E-state index in [9.17, 15) is 9.90 Å². The molecule has 2 rings (SSSR count). The van der Waals surface area contributed by atoms with Crippen molar-refractivity contribution >= 4 is 17.3 Å². The molecule has 1 aromatic rings. The number of hydrogen-bond donors (Lipinski definition) is 0. The lowest BCUT2D eigenvalue weighted by Crippen LogP contribution is -2.20. The normalized spacial score (nSPS) is 15.7. The van der Waals surface area contributed by atoms with Gasteiger partial charge in [0.1, 0.15) is 0 Å². The molecule has 1 aliphatic rings. The Morgan fingerprint density at radius 2 is 2.17 bits per heavy atom. The minimum absolute atomic E-state index is 0.391. The predicted molar refractivity (Wildman–Crippen MR) is 45.3 cm³/mol. The maximum absolute atomic E-state index is 10.5. The zero-order valence-electron chi connectivity index (χ0n) is 6.63. The number of aryl methyl sites for hydroxylation is 2. The van der Waals surface area contributed by atoms with Crippen LogP contribution in [0.15, 0.2) is 6.07 Å². The summed E-state index contributed by atoms with van der Waals surface area (Å²) in [6, 6.07) is 1.77. The number of carboxylic acids is 1. The van der Waals surface area contributed by atoms with Gasteiger partial charge in [-0.1, -0.05) is 0 Å². The van der Waals surface area contributed by atoms with E-state index in [2.05, 4.69) is 0 Å². The summed E-state index contributed by atoms with van der Waals surface area (Å²) in [7, 11) is 0. The van der Waals surface area contributed by atoms with Crippen LogP contribution in [-0.2, 0) is 12.8 Å². The van der Waals surface area contributed by atoms with Crippen molar-refractivity contribution in [3.05, 3.63) is 21.4 Å². The molecule has 0 fully saturated rings. The molecule has 1 aliphatic carbocycles. The Kier molecular flexibility index (Phi) is 1.89. The van der Waals surface area contributed by atoms with Gasteiger partial charge in [-0.15, -0.1) is 11.3 Å². The van der Waals surface area contributed by atoms with E-state index in [1.165, 1.54) is 34.6 Å². The lowest BCUT2D eigenvalue weighted by atomic mass is 9.99. The molecule has 1 heterocycles. The summed E-state index contributed by atoms with van der Waals surface area (Å²) in [5, 5.41) is 10.5. The van der Waals surface area contributed by atoms with Crippen LogP contribution in [0, 0.1) is 0 Å². The number of hydrogen-bond acceptors (Lipinski definition) is 3. The van der Waals surface area contributed by atoms with E-state index in [0.29, 0.717) is 4.88 Å². The number of carboxylic acid groups (broad SMARTS) is 1. The number of carbonyl (C=O) groups is 1. The van der Waals surface area contributed by atoms with Crippen LogP contribution in [0.3, 0.4) is 0 Å². The molecule has 0 saturated carbocycles. The van der Waals surface area contributed by atoms with E-state index in [0.717, 1.165) is 12.8 Å². The maximum atomic E-state index is 10.5. The van der Waals surface area contributed by atoms with E-state index in [1.54, 1.807) is 6.07 Å². The Morgan fingerprint density at radius 3 is 2.83 bits per heavy atom. The summed E-state index contributed by atoms with van der Waals surface area (Å²) >= 11 is 1.38. The molecule has 0 aromatic carbocycles. The van der Waals surface area contributed by atoms with E-state index in [1.807, 2.05) is 0 Å². The van der Waals surface area contributed by atoms with Crippen molar-refractivity contribution in [2.24, 2.45) is 0 Å². The van der Waals surface area contributed by atoms with E-state index < -0.39 is 5.97 Å². The predicted octanol–water partition coefficient (Wildman–Crippen LogP) is 0.990. The zero-order valence-corrected chi connectivity index (χ0v) is 7.45. The molecule has 0 saturated heterocycles. The van der Waals surface area contributed by atoms with Crippen LogP contribution in [-0.4, -0.2) is 5.97 Å². The van der Waals surface area contributed by atoms with E-state index in [4.69, 9.17) is 0 Å². The standard InChI is InChI=1S/C9H10O2S/c10-9(11)8-5-6-3-1-2-4-7(6)12-8/h5H,1-4H2,(H,10,11)/p-1. The summed E-state index contributed by atoms with van der Waals surface area (Å²) in [4.78, 5) is 12.2. The Hall–Kier alpha value is -0.830. The summed E-state index contributed by atoms with van der Waals surface area (Å²) in [6.07, 6.45) is 4.47. The van der Waals surface area contributed by atoms with Gasteiger partial charge in [-0.05, 0) is 37.3 Å².